The average Bonchev–Trinajstić information content (AvgIpc) is 2.42. The molecule has 2 rings (SSSR count). The van der Waals surface area contributed by atoms with Crippen LogP contribution in [0.15, 0.2) is 12.1 Å². The van der Waals surface area contributed by atoms with Crippen LogP contribution in [0.5, 0.6) is 5.75 Å². The molecule has 0 aliphatic carbocycles. The third-order valence-corrected chi connectivity index (χ3v) is 3.94. The maximum absolute atomic E-state index is 5.34. The fourth-order valence-corrected chi connectivity index (χ4v) is 2.56. The topological polar surface area (TPSA) is 33.3 Å². The Morgan fingerprint density at radius 2 is 2.17 bits per heavy atom. The van der Waals surface area contributed by atoms with Crippen LogP contribution in [0.4, 0.5) is 5.69 Å². The van der Waals surface area contributed by atoms with Crippen molar-refractivity contribution < 1.29 is 4.74 Å². The molecular formula is C15H24N2O. The van der Waals surface area contributed by atoms with E-state index in [4.69, 9.17) is 4.74 Å². The first kappa shape index (κ1) is 13.2. The number of methoxy groups -OCH3 is 1. The van der Waals surface area contributed by atoms with Crippen LogP contribution < -0.4 is 15.4 Å². The van der Waals surface area contributed by atoms with Gasteiger partial charge in [-0.2, -0.15) is 0 Å². The van der Waals surface area contributed by atoms with Crippen LogP contribution in [-0.4, -0.2) is 26.7 Å². The molecule has 1 aliphatic rings. The maximum atomic E-state index is 5.34. The third-order valence-electron chi connectivity index (χ3n) is 3.94. The normalized spacial score (nSPS) is 19.6. The Morgan fingerprint density at radius 3 is 2.83 bits per heavy atom. The molecule has 3 nitrogen and oxygen atoms in total. The lowest BCUT2D eigenvalue weighted by Crippen LogP contribution is -2.33. The van der Waals surface area contributed by atoms with Gasteiger partial charge in [-0.3, -0.25) is 0 Å². The molecule has 0 bridgehead atoms. The molecule has 0 amide bonds. The summed E-state index contributed by atoms with van der Waals surface area (Å²) >= 11 is 0. The van der Waals surface area contributed by atoms with E-state index >= 15 is 0 Å². The molecule has 1 atom stereocenters. The van der Waals surface area contributed by atoms with Gasteiger partial charge in [0, 0.05) is 12.2 Å². The molecule has 1 aliphatic heterocycles. The molecule has 1 fully saturated rings. The van der Waals surface area contributed by atoms with Crippen molar-refractivity contribution in [3.63, 3.8) is 0 Å². The Balaban J connectivity index is 1.98. The lowest BCUT2D eigenvalue weighted by atomic mass is 9.99. The quantitative estimate of drug-likeness (QED) is 0.859. The van der Waals surface area contributed by atoms with E-state index in [0.717, 1.165) is 24.8 Å². The van der Waals surface area contributed by atoms with Gasteiger partial charge in [-0.1, -0.05) is 0 Å². The molecule has 1 saturated heterocycles. The number of nitrogens with one attached hydrogen (secondary N) is 2. The molecule has 18 heavy (non-hydrogen) atoms. The van der Waals surface area contributed by atoms with Crippen LogP contribution in [-0.2, 0) is 0 Å². The largest absolute Gasteiger partial charge is 0.496 e. The summed E-state index contributed by atoms with van der Waals surface area (Å²) in [4.78, 5) is 0. The molecule has 100 valence electrons. The van der Waals surface area contributed by atoms with Crippen LogP contribution >= 0.6 is 0 Å². The van der Waals surface area contributed by atoms with E-state index in [1.165, 1.54) is 36.2 Å². The Kier molecular flexibility index (Phi) is 4.48. The monoisotopic (exact) mass is 248 g/mol. The van der Waals surface area contributed by atoms with Crippen molar-refractivity contribution in [2.24, 2.45) is 5.92 Å². The van der Waals surface area contributed by atoms with Crippen LogP contribution in [0.1, 0.15) is 24.0 Å². The second-order valence-corrected chi connectivity index (χ2v) is 5.16. The van der Waals surface area contributed by atoms with Crippen molar-refractivity contribution in [3.05, 3.63) is 23.3 Å². The molecule has 0 radical (unpaired) electrons. The number of anilines is 1. The minimum atomic E-state index is 0.751. The number of hydrogen-bond acceptors (Lipinski definition) is 3. The van der Waals surface area contributed by atoms with Crippen molar-refractivity contribution in [3.8, 4) is 5.75 Å². The van der Waals surface area contributed by atoms with E-state index < -0.39 is 0 Å². The first-order valence-corrected chi connectivity index (χ1v) is 6.81. The van der Waals surface area contributed by atoms with Crippen LogP contribution in [0.2, 0.25) is 0 Å². The van der Waals surface area contributed by atoms with Gasteiger partial charge in [0.2, 0.25) is 0 Å². The molecular weight excluding hydrogens is 224 g/mol. The Hall–Kier alpha value is -1.22. The SMILES string of the molecule is COc1ccc(NCC2CCCNC2)c(C)c1C. The van der Waals surface area contributed by atoms with Crippen molar-refractivity contribution in [2.45, 2.75) is 26.7 Å². The van der Waals surface area contributed by atoms with Gasteiger partial charge in [0.1, 0.15) is 5.75 Å². The maximum Gasteiger partial charge on any atom is 0.122 e. The zero-order valence-corrected chi connectivity index (χ0v) is 11.7. The van der Waals surface area contributed by atoms with Gasteiger partial charge in [-0.25, -0.2) is 0 Å². The van der Waals surface area contributed by atoms with Crippen LogP contribution in [0.3, 0.4) is 0 Å². The summed E-state index contributed by atoms with van der Waals surface area (Å²) in [5, 5.41) is 7.03. The van der Waals surface area contributed by atoms with Crippen LogP contribution in [0, 0.1) is 19.8 Å². The van der Waals surface area contributed by atoms with Crippen molar-refractivity contribution in [2.75, 3.05) is 32.1 Å². The minimum Gasteiger partial charge on any atom is -0.496 e. The first-order valence-electron chi connectivity index (χ1n) is 6.81. The van der Waals surface area contributed by atoms with Gasteiger partial charge in [-0.15, -0.1) is 0 Å². The summed E-state index contributed by atoms with van der Waals surface area (Å²) < 4.78 is 5.34. The summed E-state index contributed by atoms with van der Waals surface area (Å²) in [5.41, 5.74) is 3.75. The second kappa shape index (κ2) is 6.10. The fraction of sp³-hybridized carbons (Fsp3) is 0.600. The molecule has 1 aromatic carbocycles. The van der Waals surface area contributed by atoms with Crippen molar-refractivity contribution >= 4 is 5.69 Å². The highest BCUT2D eigenvalue weighted by Crippen LogP contribution is 2.27. The molecule has 2 N–H and O–H groups in total. The van der Waals surface area contributed by atoms with Gasteiger partial charge < -0.3 is 15.4 Å². The summed E-state index contributed by atoms with van der Waals surface area (Å²) in [5.74, 6) is 1.72. The van der Waals surface area contributed by atoms with E-state index in [0.29, 0.717) is 0 Å². The lowest BCUT2D eigenvalue weighted by Gasteiger charge is -2.24. The molecule has 3 heteroatoms. The van der Waals surface area contributed by atoms with E-state index in [1.807, 2.05) is 6.07 Å². The van der Waals surface area contributed by atoms with E-state index in [9.17, 15) is 0 Å². The van der Waals surface area contributed by atoms with Gasteiger partial charge in [0.15, 0.2) is 0 Å². The van der Waals surface area contributed by atoms with E-state index in [-0.39, 0.29) is 0 Å². The Bertz CT molecular complexity index is 398. The first-order chi connectivity index (χ1) is 8.72. The van der Waals surface area contributed by atoms with Crippen molar-refractivity contribution in [1.82, 2.24) is 5.32 Å². The zero-order chi connectivity index (χ0) is 13.0. The minimum absolute atomic E-state index is 0.751. The number of ether oxygens (including phenoxy) is 1. The number of hydrogen-bond donors (Lipinski definition) is 2. The molecule has 0 spiro atoms. The molecule has 0 aromatic heterocycles. The summed E-state index contributed by atoms with van der Waals surface area (Å²) in [6.07, 6.45) is 2.63. The van der Waals surface area contributed by atoms with E-state index in [2.05, 4.69) is 30.5 Å². The zero-order valence-electron chi connectivity index (χ0n) is 11.7. The van der Waals surface area contributed by atoms with Gasteiger partial charge in [0.05, 0.1) is 7.11 Å². The standard InChI is InChI=1S/C15H24N2O/c1-11-12(2)15(18-3)7-6-14(11)17-10-13-5-4-8-16-9-13/h6-7,13,16-17H,4-5,8-10H2,1-3H3. The van der Waals surface area contributed by atoms with Crippen LogP contribution in [0.25, 0.3) is 0 Å². The summed E-state index contributed by atoms with van der Waals surface area (Å²) in [7, 11) is 1.72. The molecule has 1 heterocycles. The van der Waals surface area contributed by atoms with E-state index in [1.54, 1.807) is 7.11 Å². The number of piperidine rings is 1. The highest BCUT2D eigenvalue weighted by Gasteiger charge is 2.13. The number of benzene rings is 1. The molecule has 0 saturated carbocycles. The summed E-state index contributed by atoms with van der Waals surface area (Å²) in [6, 6.07) is 4.17. The highest BCUT2D eigenvalue weighted by molar-refractivity contribution is 5.58. The van der Waals surface area contributed by atoms with Gasteiger partial charge >= 0.3 is 0 Å². The van der Waals surface area contributed by atoms with Gasteiger partial charge in [0.25, 0.3) is 0 Å². The molecule has 1 aromatic rings. The summed E-state index contributed by atoms with van der Waals surface area (Å²) in [6.45, 7) is 7.64. The smallest absolute Gasteiger partial charge is 0.122 e. The fourth-order valence-electron chi connectivity index (χ4n) is 2.56. The Labute approximate surface area is 110 Å². The highest BCUT2D eigenvalue weighted by atomic mass is 16.5. The van der Waals surface area contributed by atoms with Gasteiger partial charge in [-0.05, 0) is 69.0 Å². The third kappa shape index (κ3) is 2.96. The second-order valence-electron chi connectivity index (χ2n) is 5.16. The lowest BCUT2D eigenvalue weighted by molar-refractivity contribution is 0.392. The number of rotatable bonds is 4. The predicted molar refractivity (Wildman–Crippen MR) is 76.6 cm³/mol. The average molecular weight is 248 g/mol. The van der Waals surface area contributed by atoms with Crippen molar-refractivity contribution in [1.29, 1.82) is 0 Å². The predicted octanol–water partition coefficient (Wildman–Crippen LogP) is 2.72. The Morgan fingerprint density at radius 1 is 1.33 bits per heavy atom. The molecule has 1 unspecified atom stereocenters.